The van der Waals surface area contributed by atoms with Gasteiger partial charge in [0.2, 0.25) is 0 Å². The highest BCUT2D eigenvalue weighted by atomic mass is 35.5. The van der Waals surface area contributed by atoms with Crippen LogP contribution in [0.5, 0.6) is 5.75 Å². The minimum absolute atomic E-state index is 0.0112. The summed E-state index contributed by atoms with van der Waals surface area (Å²) in [5.74, 6) is 1.22. The molecule has 2 bridgehead atoms. The fourth-order valence-corrected chi connectivity index (χ4v) is 6.85. The van der Waals surface area contributed by atoms with Crippen LogP contribution in [0.3, 0.4) is 0 Å². The van der Waals surface area contributed by atoms with Crippen molar-refractivity contribution in [3.63, 3.8) is 0 Å². The van der Waals surface area contributed by atoms with Crippen molar-refractivity contribution in [1.29, 1.82) is 0 Å². The molecule has 1 amide bonds. The number of amides is 1. The number of halogens is 1. The number of methoxy groups -OCH3 is 1. The van der Waals surface area contributed by atoms with Crippen LogP contribution in [-0.4, -0.2) is 47.1 Å². The van der Waals surface area contributed by atoms with Crippen molar-refractivity contribution in [2.75, 3.05) is 25.1 Å². The monoisotopic (exact) mass is 534 g/mol. The van der Waals surface area contributed by atoms with Gasteiger partial charge in [-0.15, -0.1) is 0 Å². The van der Waals surface area contributed by atoms with Gasteiger partial charge in [-0.2, -0.15) is 0 Å². The predicted octanol–water partition coefficient (Wildman–Crippen LogP) is 4.27. The quantitative estimate of drug-likeness (QED) is 0.482. The summed E-state index contributed by atoms with van der Waals surface area (Å²) < 4.78 is 37.7. The Morgan fingerprint density at radius 3 is 2.47 bits per heavy atom. The lowest BCUT2D eigenvalue weighted by Crippen LogP contribution is -2.42. The zero-order valence-corrected chi connectivity index (χ0v) is 22.1. The van der Waals surface area contributed by atoms with E-state index in [1.807, 2.05) is 6.92 Å². The summed E-state index contributed by atoms with van der Waals surface area (Å²) >= 11 is 6.17. The number of fused-ring (bicyclic) bond motifs is 2. The molecule has 0 radical (unpaired) electrons. The molecule has 0 aromatic heterocycles. The summed E-state index contributed by atoms with van der Waals surface area (Å²) in [5, 5.41) is 2.97. The Morgan fingerprint density at radius 1 is 1.14 bits per heavy atom. The van der Waals surface area contributed by atoms with Gasteiger partial charge in [-0.25, -0.2) is 13.2 Å². The Morgan fingerprint density at radius 2 is 1.86 bits per heavy atom. The Hall–Kier alpha value is -2.78. The Labute approximate surface area is 217 Å². The Kier molecular flexibility index (Phi) is 7.80. The molecule has 2 aliphatic rings. The fraction of sp³-hybridized carbons (Fsp3) is 0.462. The van der Waals surface area contributed by atoms with Gasteiger partial charge in [0.15, 0.2) is 6.61 Å². The number of esters is 1. The van der Waals surface area contributed by atoms with Crippen LogP contribution in [0, 0.1) is 17.8 Å². The summed E-state index contributed by atoms with van der Waals surface area (Å²) in [4.78, 5) is 25.0. The van der Waals surface area contributed by atoms with Crippen LogP contribution < -0.4 is 14.4 Å². The second kappa shape index (κ2) is 10.7. The lowest BCUT2D eigenvalue weighted by atomic mass is 9.84. The van der Waals surface area contributed by atoms with E-state index < -0.39 is 28.5 Å². The van der Waals surface area contributed by atoms with Crippen LogP contribution in [-0.2, 0) is 19.6 Å². The van der Waals surface area contributed by atoms with Crippen molar-refractivity contribution in [1.82, 2.24) is 5.32 Å². The van der Waals surface area contributed by atoms with Crippen molar-refractivity contribution >= 4 is 39.2 Å². The largest absolute Gasteiger partial charge is 0.497 e. The maximum Gasteiger partial charge on any atom is 0.340 e. The lowest BCUT2D eigenvalue weighted by Gasteiger charge is -2.28. The van der Waals surface area contributed by atoms with E-state index in [4.69, 9.17) is 21.1 Å². The van der Waals surface area contributed by atoms with Crippen molar-refractivity contribution in [3.8, 4) is 5.75 Å². The summed E-state index contributed by atoms with van der Waals surface area (Å²) in [7, 11) is -1.07. The molecule has 36 heavy (non-hydrogen) atoms. The van der Waals surface area contributed by atoms with Gasteiger partial charge in [-0.05, 0) is 86.4 Å². The number of carbonyl (C=O) groups is 2. The molecule has 10 heteroatoms. The topological polar surface area (TPSA) is 102 Å². The first-order valence-electron chi connectivity index (χ1n) is 12.0. The smallest absolute Gasteiger partial charge is 0.340 e. The third-order valence-corrected chi connectivity index (χ3v) is 9.52. The van der Waals surface area contributed by atoms with E-state index in [1.165, 1.54) is 45.6 Å². The van der Waals surface area contributed by atoms with Gasteiger partial charge >= 0.3 is 5.97 Å². The van der Waals surface area contributed by atoms with Crippen LogP contribution >= 0.6 is 11.6 Å². The molecule has 2 aromatic rings. The molecule has 8 nitrogen and oxygen atoms in total. The zero-order chi connectivity index (χ0) is 26.0. The predicted molar refractivity (Wildman–Crippen MR) is 137 cm³/mol. The first kappa shape index (κ1) is 26.3. The molecule has 0 unspecified atom stereocenters. The summed E-state index contributed by atoms with van der Waals surface area (Å²) in [6.45, 7) is 1.53. The van der Waals surface area contributed by atoms with Crippen LogP contribution in [0.15, 0.2) is 47.4 Å². The molecule has 4 atom stereocenters. The molecular formula is C26H31ClN2O6S. The number of nitrogens with one attached hydrogen (secondary N) is 1. The summed E-state index contributed by atoms with van der Waals surface area (Å²) in [6.07, 6.45) is 4.87. The van der Waals surface area contributed by atoms with Crippen LogP contribution in [0.1, 0.15) is 43.0 Å². The molecule has 194 valence electrons. The number of hydrogen-bond acceptors (Lipinski definition) is 6. The standard InChI is InChI=1S/C26H31ClN2O6S/c1-16(22-13-17-4-5-18(22)12-17)28-25(30)15-35-26(31)23-14-21(10-11-24(23)27)36(32,33)29(2)19-6-8-20(34-3)9-7-19/h6-11,14,16-18,22H,4-5,12-13,15H2,1-3H3,(H,28,30)/t16-,17-,18-,22-/m0/s1. The Bertz CT molecular complexity index is 1230. The minimum Gasteiger partial charge on any atom is -0.497 e. The third kappa shape index (κ3) is 5.47. The molecule has 0 spiro atoms. The van der Waals surface area contributed by atoms with Crippen molar-refractivity contribution in [3.05, 3.63) is 53.1 Å². The molecule has 2 fully saturated rings. The number of anilines is 1. The maximum atomic E-state index is 13.2. The van der Waals surface area contributed by atoms with Crippen LogP contribution in [0.25, 0.3) is 0 Å². The van der Waals surface area contributed by atoms with E-state index in [0.29, 0.717) is 23.3 Å². The number of ether oxygens (including phenoxy) is 2. The van der Waals surface area contributed by atoms with Crippen molar-refractivity contribution in [2.45, 2.75) is 43.5 Å². The van der Waals surface area contributed by atoms with Gasteiger partial charge in [-0.3, -0.25) is 9.10 Å². The molecular weight excluding hydrogens is 504 g/mol. The normalized spacial score (nSPS) is 21.6. The minimum atomic E-state index is -4.00. The first-order chi connectivity index (χ1) is 17.1. The number of sulfonamides is 1. The SMILES string of the molecule is COc1ccc(N(C)S(=O)(=O)c2ccc(Cl)c(C(=O)OCC(=O)N[C@@H](C)[C@@H]3C[C@H]4CC[C@H]3C4)c2)cc1. The van der Waals surface area contributed by atoms with Gasteiger partial charge in [0, 0.05) is 13.1 Å². The second-order valence-electron chi connectivity index (χ2n) is 9.58. The van der Waals surface area contributed by atoms with Gasteiger partial charge in [-0.1, -0.05) is 18.0 Å². The number of carbonyl (C=O) groups excluding carboxylic acids is 2. The van der Waals surface area contributed by atoms with E-state index in [-0.39, 0.29) is 21.5 Å². The number of benzene rings is 2. The lowest BCUT2D eigenvalue weighted by molar-refractivity contribution is -0.125. The zero-order valence-electron chi connectivity index (χ0n) is 20.6. The molecule has 0 heterocycles. The average molecular weight is 535 g/mol. The maximum absolute atomic E-state index is 13.2. The van der Waals surface area contributed by atoms with Gasteiger partial charge in [0.25, 0.3) is 15.9 Å². The third-order valence-electron chi connectivity index (χ3n) is 7.41. The average Bonchev–Trinajstić information content (AvgIpc) is 3.51. The van der Waals surface area contributed by atoms with E-state index in [2.05, 4.69) is 5.32 Å². The van der Waals surface area contributed by atoms with Crippen molar-refractivity contribution < 1.29 is 27.5 Å². The van der Waals surface area contributed by atoms with Crippen LogP contribution in [0.2, 0.25) is 5.02 Å². The van der Waals surface area contributed by atoms with Gasteiger partial charge < -0.3 is 14.8 Å². The molecule has 0 saturated heterocycles. The molecule has 2 saturated carbocycles. The van der Waals surface area contributed by atoms with E-state index in [1.54, 1.807) is 24.3 Å². The summed E-state index contributed by atoms with van der Waals surface area (Å²) in [6, 6.07) is 10.3. The van der Waals surface area contributed by atoms with E-state index >= 15 is 0 Å². The van der Waals surface area contributed by atoms with Gasteiger partial charge in [0.05, 0.1) is 28.3 Å². The second-order valence-corrected chi connectivity index (χ2v) is 12.0. The highest BCUT2D eigenvalue weighted by Crippen LogP contribution is 2.49. The molecule has 4 rings (SSSR count). The first-order valence-corrected chi connectivity index (χ1v) is 13.8. The molecule has 1 N–H and O–H groups in total. The van der Waals surface area contributed by atoms with Crippen LogP contribution in [0.4, 0.5) is 5.69 Å². The number of rotatable bonds is 9. The molecule has 0 aliphatic heterocycles. The molecule has 2 aliphatic carbocycles. The highest BCUT2D eigenvalue weighted by Gasteiger charge is 2.42. The molecule has 2 aromatic carbocycles. The Balaban J connectivity index is 1.40. The van der Waals surface area contributed by atoms with E-state index in [9.17, 15) is 18.0 Å². The number of hydrogen-bond donors (Lipinski definition) is 1. The highest BCUT2D eigenvalue weighted by molar-refractivity contribution is 7.92. The summed E-state index contributed by atoms with van der Waals surface area (Å²) in [5.41, 5.74) is 0.283. The number of nitrogens with zero attached hydrogens (tertiary/aromatic N) is 1. The van der Waals surface area contributed by atoms with Gasteiger partial charge in [0.1, 0.15) is 5.75 Å². The fourth-order valence-electron chi connectivity index (χ4n) is 5.43. The van der Waals surface area contributed by atoms with Crippen molar-refractivity contribution in [2.24, 2.45) is 17.8 Å². The van der Waals surface area contributed by atoms with E-state index in [0.717, 1.165) is 22.7 Å².